The summed E-state index contributed by atoms with van der Waals surface area (Å²) in [5.41, 5.74) is 2.29. The highest BCUT2D eigenvalue weighted by atomic mass is 19.1. The molecule has 2 rings (SSSR count). The molecule has 1 fully saturated rings. The third-order valence-corrected chi connectivity index (χ3v) is 1.96. The Morgan fingerprint density at radius 2 is 1.92 bits per heavy atom. The summed E-state index contributed by atoms with van der Waals surface area (Å²) in [7, 11) is 0. The first-order valence-electron chi connectivity index (χ1n) is 4.04. The molecule has 0 atom stereocenters. The van der Waals surface area contributed by atoms with E-state index in [1.807, 2.05) is 6.08 Å². The summed E-state index contributed by atoms with van der Waals surface area (Å²) in [5, 5.41) is 3.18. The number of benzene rings is 1. The van der Waals surface area contributed by atoms with Gasteiger partial charge in [0.15, 0.2) is 0 Å². The van der Waals surface area contributed by atoms with Crippen LogP contribution >= 0.6 is 0 Å². The van der Waals surface area contributed by atoms with Crippen molar-refractivity contribution in [1.29, 1.82) is 0 Å². The molecule has 1 saturated heterocycles. The number of rotatable bonds is 1. The zero-order valence-electron chi connectivity index (χ0n) is 6.68. The van der Waals surface area contributed by atoms with Crippen LogP contribution in [0.4, 0.5) is 4.39 Å². The summed E-state index contributed by atoms with van der Waals surface area (Å²) in [5.74, 6) is -0.182. The number of hydrogen-bond acceptors (Lipinski definition) is 1. The summed E-state index contributed by atoms with van der Waals surface area (Å²) in [4.78, 5) is 0. The van der Waals surface area contributed by atoms with Gasteiger partial charge in [0.1, 0.15) is 5.82 Å². The van der Waals surface area contributed by atoms with Gasteiger partial charge in [0.25, 0.3) is 0 Å². The van der Waals surface area contributed by atoms with Crippen LogP contribution in [0.5, 0.6) is 0 Å². The third kappa shape index (κ3) is 1.47. The highest BCUT2D eigenvalue weighted by Gasteiger charge is 2.05. The van der Waals surface area contributed by atoms with Crippen molar-refractivity contribution in [2.24, 2.45) is 0 Å². The van der Waals surface area contributed by atoms with Crippen molar-refractivity contribution in [2.75, 3.05) is 6.54 Å². The van der Waals surface area contributed by atoms with E-state index >= 15 is 0 Å². The summed E-state index contributed by atoms with van der Waals surface area (Å²) in [6, 6.07) is 6.51. The first-order chi connectivity index (χ1) is 5.84. The zero-order valence-corrected chi connectivity index (χ0v) is 6.68. The van der Waals surface area contributed by atoms with Crippen LogP contribution < -0.4 is 5.32 Å². The Labute approximate surface area is 70.9 Å². The quantitative estimate of drug-likeness (QED) is 0.669. The summed E-state index contributed by atoms with van der Waals surface area (Å²) in [6.45, 7) is 1.06. The lowest BCUT2D eigenvalue weighted by atomic mass is 10.1. The molecule has 2 heteroatoms. The fourth-order valence-electron chi connectivity index (χ4n) is 1.15. The fourth-order valence-corrected chi connectivity index (χ4v) is 1.15. The molecule has 0 radical (unpaired) electrons. The number of nitrogens with one attached hydrogen (secondary N) is 1. The molecule has 1 aromatic rings. The lowest BCUT2D eigenvalue weighted by Crippen LogP contribution is -2.27. The van der Waals surface area contributed by atoms with E-state index in [0.717, 1.165) is 18.5 Å². The Balaban J connectivity index is 2.18. The molecule has 0 aliphatic carbocycles. The van der Waals surface area contributed by atoms with Crippen molar-refractivity contribution < 1.29 is 4.39 Å². The van der Waals surface area contributed by atoms with Crippen molar-refractivity contribution >= 4 is 6.08 Å². The van der Waals surface area contributed by atoms with E-state index in [4.69, 9.17) is 0 Å². The Bertz CT molecular complexity index is 294. The van der Waals surface area contributed by atoms with Gasteiger partial charge in [-0.2, -0.15) is 0 Å². The van der Waals surface area contributed by atoms with E-state index in [0.29, 0.717) is 0 Å². The number of hydrogen-bond donors (Lipinski definition) is 1. The minimum Gasteiger partial charge on any atom is -0.388 e. The van der Waals surface area contributed by atoms with E-state index < -0.39 is 0 Å². The second-order valence-corrected chi connectivity index (χ2v) is 2.90. The van der Waals surface area contributed by atoms with Gasteiger partial charge in [0, 0.05) is 18.7 Å². The van der Waals surface area contributed by atoms with Crippen molar-refractivity contribution in [3.63, 3.8) is 0 Å². The van der Waals surface area contributed by atoms with Crippen LogP contribution in [0, 0.1) is 5.82 Å². The Hall–Kier alpha value is -1.31. The van der Waals surface area contributed by atoms with E-state index in [9.17, 15) is 4.39 Å². The van der Waals surface area contributed by atoms with Crippen molar-refractivity contribution in [1.82, 2.24) is 5.32 Å². The molecular formula is C10H10FN. The minimum absolute atomic E-state index is 0.182. The predicted octanol–water partition coefficient (Wildman–Crippen LogP) is 2.16. The maximum Gasteiger partial charge on any atom is 0.123 e. The van der Waals surface area contributed by atoms with Gasteiger partial charge >= 0.3 is 0 Å². The molecule has 1 aliphatic heterocycles. The van der Waals surface area contributed by atoms with Gasteiger partial charge in [-0.3, -0.25) is 0 Å². The van der Waals surface area contributed by atoms with Crippen LogP contribution in [0.3, 0.4) is 0 Å². The summed E-state index contributed by atoms with van der Waals surface area (Å²) < 4.78 is 12.5. The topological polar surface area (TPSA) is 12.0 Å². The monoisotopic (exact) mass is 163 g/mol. The predicted molar refractivity (Wildman–Crippen MR) is 47.0 cm³/mol. The molecule has 0 spiro atoms. The van der Waals surface area contributed by atoms with Gasteiger partial charge in [0.05, 0.1) is 0 Å². The van der Waals surface area contributed by atoms with Crippen LogP contribution in [0.25, 0.3) is 6.08 Å². The SMILES string of the molecule is Fc1ccc(C=C2CCN2)cc1. The van der Waals surface area contributed by atoms with Gasteiger partial charge in [-0.05, 0) is 23.8 Å². The second kappa shape index (κ2) is 2.97. The molecule has 0 aromatic heterocycles. The van der Waals surface area contributed by atoms with Crippen LogP contribution in [-0.4, -0.2) is 6.54 Å². The Morgan fingerprint density at radius 1 is 1.25 bits per heavy atom. The average Bonchev–Trinajstić information content (AvgIpc) is 2.00. The first-order valence-corrected chi connectivity index (χ1v) is 4.04. The number of halogens is 1. The molecular weight excluding hydrogens is 153 g/mol. The molecule has 0 unspecified atom stereocenters. The molecule has 62 valence electrons. The Morgan fingerprint density at radius 3 is 2.42 bits per heavy atom. The molecule has 1 aromatic carbocycles. The molecule has 1 nitrogen and oxygen atoms in total. The molecule has 0 amide bonds. The van der Waals surface area contributed by atoms with Crippen LogP contribution in [-0.2, 0) is 0 Å². The normalized spacial score (nSPS) is 18.6. The van der Waals surface area contributed by atoms with Crippen molar-refractivity contribution in [3.05, 3.63) is 41.3 Å². The van der Waals surface area contributed by atoms with Gasteiger partial charge in [-0.25, -0.2) is 4.39 Å². The van der Waals surface area contributed by atoms with Gasteiger partial charge in [0.2, 0.25) is 0 Å². The third-order valence-electron chi connectivity index (χ3n) is 1.96. The largest absolute Gasteiger partial charge is 0.388 e. The highest BCUT2D eigenvalue weighted by Crippen LogP contribution is 2.12. The first kappa shape index (κ1) is 7.35. The minimum atomic E-state index is -0.182. The maximum atomic E-state index is 12.5. The second-order valence-electron chi connectivity index (χ2n) is 2.90. The lowest BCUT2D eigenvalue weighted by molar-refractivity contribution is 0.627. The van der Waals surface area contributed by atoms with Gasteiger partial charge < -0.3 is 5.32 Å². The van der Waals surface area contributed by atoms with Crippen molar-refractivity contribution in [3.8, 4) is 0 Å². The van der Waals surface area contributed by atoms with E-state index in [-0.39, 0.29) is 5.82 Å². The maximum absolute atomic E-state index is 12.5. The van der Waals surface area contributed by atoms with Crippen LogP contribution in [0.15, 0.2) is 30.0 Å². The molecule has 1 aliphatic rings. The molecule has 1 heterocycles. The van der Waals surface area contributed by atoms with Crippen molar-refractivity contribution in [2.45, 2.75) is 6.42 Å². The highest BCUT2D eigenvalue weighted by molar-refractivity contribution is 5.53. The van der Waals surface area contributed by atoms with Gasteiger partial charge in [-0.15, -0.1) is 0 Å². The molecule has 1 N–H and O–H groups in total. The molecule has 12 heavy (non-hydrogen) atoms. The van der Waals surface area contributed by atoms with Crippen LogP contribution in [0.1, 0.15) is 12.0 Å². The summed E-state index contributed by atoms with van der Waals surface area (Å²) >= 11 is 0. The zero-order chi connectivity index (χ0) is 8.39. The summed E-state index contributed by atoms with van der Waals surface area (Å²) in [6.07, 6.45) is 3.15. The average molecular weight is 163 g/mol. The van der Waals surface area contributed by atoms with E-state index in [1.54, 1.807) is 12.1 Å². The van der Waals surface area contributed by atoms with Gasteiger partial charge in [-0.1, -0.05) is 12.1 Å². The van der Waals surface area contributed by atoms with Crippen LogP contribution in [0.2, 0.25) is 0 Å². The lowest BCUT2D eigenvalue weighted by Gasteiger charge is -2.19. The molecule has 0 saturated carbocycles. The Kier molecular flexibility index (Phi) is 1.82. The van der Waals surface area contributed by atoms with E-state index in [1.165, 1.54) is 17.8 Å². The van der Waals surface area contributed by atoms with E-state index in [2.05, 4.69) is 5.32 Å². The standard InChI is InChI=1S/C10H10FN/c11-9-3-1-8(2-4-9)7-10-5-6-12-10/h1-4,7,12H,5-6H2. The molecule has 0 bridgehead atoms. The smallest absolute Gasteiger partial charge is 0.123 e. The fraction of sp³-hybridized carbons (Fsp3) is 0.200.